The van der Waals surface area contributed by atoms with E-state index in [-0.39, 0.29) is 30.5 Å². The number of ether oxygens (including phenoxy) is 1. The van der Waals surface area contributed by atoms with Crippen LogP contribution < -0.4 is 10.1 Å². The van der Waals surface area contributed by atoms with Gasteiger partial charge in [0, 0.05) is 38.6 Å². The molecule has 1 atom stereocenters. The van der Waals surface area contributed by atoms with Gasteiger partial charge in [0.25, 0.3) is 0 Å². The maximum absolute atomic E-state index is 12.7. The third-order valence-electron chi connectivity index (χ3n) is 3.98. The van der Waals surface area contributed by atoms with Crippen molar-refractivity contribution in [3.63, 3.8) is 0 Å². The summed E-state index contributed by atoms with van der Waals surface area (Å²) in [5.74, 6) is 0.737. The van der Waals surface area contributed by atoms with Crippen molar-refractivity contribution in [3.05, 3.63) is 29.8 Å². The highest BCUT2D eigenvalue weighted by molar-refractivity contribution is 5.85. The van der Waals surface area contributed by atoms with E-state index in [1.807, 2.05) is 45.0 Å². The Labute approximate surface area is 154 Å². The molecule has 1 N–H and O–H groups in total. The molecule has 1 aromatic rings. The largest absolute Gasteiger partial charge is 0.488 e. The van der Waals surface area contributed by atoms with Crippen LogP contribution in [0.25, 0.3) is 0 Å². The SMILES string of the molecule is CC(C)(C)Oc1ccc([C@H](CCC(F)(F)F)N2CCNCC2)cc1.Cl. The zero-order chi connectivity index (χ0) is 17.8. The maximum Gasteiger partial charge on any atom is 0.389 e. The normalized spacial score (nSPS) is 17.7. The summed E-state index contributed by atoms with van der Waals surface area (Å²) in [4.78, 5) is 2.14. The first-order chi connectivity index (χ1) is 11.1. The summed E-state index contributed by atoms with van der Waals surface area (Å²) in [6.07, 6.45) is -4.80. The van der Waals surface area contributed by atoms with Gasteiger partial charge in [-0.1, -0.05) is 12.1 Å². The van der Waals surface area contributed by atoms with Crippen molar-refractivity contribution in [2.45, 2.75) is 51.4 Å². The molecule has 1 aliphatic rings. The van der Waals surface area contributed by atoms with E-state index in [2.05, 4.69) is 10.2 Å². The zero-order valence-electron chi connectivity index (χ0n) is 15.0. The molecule has 0 aliphatic carbocycles. The minimum atomic E-state index is -4.12. The standard InChI is InChI=1S/C18H27F3N2O.ClH/c1-17(2,3)24-15-6-4-14(5-7-15)16(8-9-18(19,20)21)23-12-10-22-11-13-23;/h4-7,16,22H,8-13H2,1-3H3;1H/t16-;/m0./s1. The van der Waals surface area contributed by atoms with Crippen LogP contribution in [0.3, 0.4) is 0 Å². The Bertz CT molecular complexity index is 509. The number of alkyl halides is 3. The Morgan fingerprint density at radius 3 is 2.12 bits per heavy atom. The van der Waals surface area contributed by atoms with Crippen LogP contribution in [-0.2, 0) is 0 Å². The molecule has 0 unspecified atom stereocenters. The van der Waals surface area contributed by atoms with E-state index >= 15 is 0 Å². The fourth-order valence-electron chi connectivity index (χ4n) is 2.97. The quantitative estimate of drug-likeness (QED) is 0.809. The number of piperazine rings is 1. The van der Waals surface area contributed by atoms with E-state index in [9.17, 15) is 13.2 Å². The average Bonchev–Trinajstić information content (AvgIpc) is 2.47. The molecule has 1 fully saturated rings. The summed E-state index contributed by atoms with van der Waals surface area (Å²) >= 11 is 0. The number of rotatable bonds is 5. The third-order valence-corrected chi connectivity index (χ3v) is 3.98. The Morgan fingerprint density at radius 1 is 1.08 bits per heavy atom. The molecule has 7 heteroatoms. The van der Waals surface area contributed by atoms with Crippen molar-refractivity contribution in [2.24, 2.45) is 0 Å². The van der Waals surface area contributed by atoms with Crippen LogP contribution in [-0.4, -0.2) is 42.9 Å². The van der Waals surface area contributed by atoms with Crippen molar-refractivity contribution in [1.82, 2.24) is 10.2 Å². The van der Waals surface area contributed by atoms with Crippen molar-refractivity contribution in [2.75, 3.05) is 26.2 Å². The number of halogens is 4. The van der Waals surface area contributed by atoms with Crippen molar-refractivity contribution in [3.8, 4) is 5.75 Å². The fraction of sp³-hybridized carbons (Fsp3) is 0.667. The van der Waals surface area contributed by atoms with Crippen LogP contribution in [0.2, 0.25) is 0 Å². The number of hydrogen-bond acceptors (Lipinski definition) is 3. The zero-order valence-corrected chi connectivity index (χ0v) is 15.8. The third kappa shape index (κ3) is 7.84. The lowest BCUT2D eigenvalue weighted by Crippen LogP contribution is -2.45. The molecular formula is C18H28ClF3N2O. The molecule has 0 radical (unpaired) electrons. The molecule has 1 heterocycles. The Balaban J connectivity index is 0.00000312. The summed E-state index contributed by atoms with van der Waals surface area (Å²) in [6, 6.07) is 7.28. The summed E-state index contributed by atoms with van der Waals surface area (Å²) < 4.78 is 43.9. The molecule has 0 spiro atoms. The molecule has 1 aliphatic heterocycles. The first-order valence-electron chi connectivity index (χ1n) is 8.44. The van der Waals surface area contributed by atoms with Gasteiger partial charge in [0.05, 0.1) is 0 Å². The Kier molecular flexibility index (Phi) is 8.03. The van der Waals surface area contributed by atoms with Crippen LogP contribution in [0, 0.1) is 0 Å². The lowest BCUT2D eigenvalue weighted by atomic mass is 9.99. The molecule has 1 aromatic carbocycles. The molecular weight excluding hydrogens is 353 g/mol. The molecule has 3 nitrogen and oxygen atoms in total. The lowest BCUT2D eigenvalue weighted by molar-refractivity contribution is -0.138. The van der Waals surface area contributed by atoms with Gasteiger partial charge < -0.3 is 10.1 Å². The van der Waals surface area contributed by atoms with Crippen LogP contribution in [0.15, 0.2) is 24.3 Å². The molecule has 0 bridgehead atoms. The van der Waals surface area contributed by atoms with E-state index in [0.717, 1.165) is 37.5 Å². The van der Waals surface area contributed by atoms with Gasteiger partial charge in [0.1, 0.15) is 11.4 Å². The van der Waals surface area contributed by atoms with E-state index in [0.29, 0.717) is 0 Å². The molecule has 1 saturated heterocycles. The predicted octanol–water partition coefficient (Wildman–Crippen LogP) is 4.57. The van der Waals surface area contributed by atoms with Gasteiger partial charge in [-0.15, -0.1) is 12.4 Å². The monoisotopic (exact) mass is 380 g/mol. The lowest BCUT2D eigenvalue weighted by Gasteiger charge is -2.35. The summed E-state index contributed by atoms with van der Waals surface area (Å²) in [6.45, 7) is 9.06. The van der Waals surface area contributed by atoms with Gasteiger partial charge in [-0.2, -0.15) is 13.2 Å². The van der Waals surface area contributed by atoms with Crippen LogP contribution in [0.5, 0.6) is 5.75 Å². The van der Waals surface area contributed by atoms with Gasteiger partial charge in [-0.25, -0.2) is 0 Å². The smallest absolute Gasteiger partial charge is 0.389 e. The second-order valence-corrected chi connectivity index (χ2v) is 7.24. The predicted molar refractivity (Wildman–Crippen MR) is 96.5 cm³/mol. The van der Waals surface area contributed by atoms with Gasteiger partial charge in [-0.05, 0) is 44.9 Å². The number of benzene rings is 1. The van der Waals surface area contributed by atoms with Crippen molar-refractivity contribution >= 4 is 12.4 Å². The molecule has 0 aromatic heterocycles. The first-order valence-corrected chi connectivity index (χ1v) is 8.44. The summed E-state index contributed by atoms with van der Waals surface area (Å²) in [7, 11) is 0. The Morgan fingerprint density at radius 2 is 1.64 bits per heavy atom. The Hall–Kier alpha value is -0.980. The highest BCUT2D eigenvalue weighted by atomic mass is 35.5. The molecule has 0 amide bonds. The summed E-state index contributed by atoms with van der Waals surface area (Å²) in [5, 5.41) is 3.24. The van der Waals surface area contributed by atoms with E-state index in [4.69, 9.17) is 4.74 Å². The molecule has 0 saturated carbocycles. The van der Waals surface area contributed by atoms with Crippen LogP contribution >= 0.6 is 12.4 Å². The highest BCUT2D eigenvalue weighted by Gasteiger charge is 2.31. The minimum Gasteiger partial charge on any atom is -0.488 e. The number of hydrogen-bond donors (Lipinski definition) is 1. The number of nitrogens with one attached hydrogen (secondary N) is 1. The second kappa shape index (κ2) is 9.10. The van der Waals surface area contributed by atoms with Gasteiger partial charge in [0.2, 0.25) is 0 Å². The van der Waals surface area contributed by atoms with Gasteiger partial charge in [0.15, 0.2) is 0 Å². The van der Waals surface area contributed by atoms with Crippen LogP contribution in [0.1, 0.15) is 45.2 Å². The van der Waals surface area contributed by atoms with Gasteiger partial charge in [-0.3, -0.25) is 4.90 Å². The van der Waals surface area contributed by atoms with E-state index < -0.39 is 12.6 Å². The fourth-order valence-corrected chi connectivity index (χ4v) is 2.97. The van der Waals surface area contributed by atoms with E-state index in [1.54, 1.807) is 0 Å². The van der Waals surface area contributed by atoms with E-state index in [1.165, 1.54) is 0 Å². The second-order valence-electron chi connectivity index (χ2n) is 7.24. The van der Waals surface area contributed by atoms with Crippen LogP contribution in [0.4, 0.5) is 13.2 Å². The number of nitrogens with zero attached hydrogens (tertiary/aromatic N) is 1. The molecule has 144 valence electrons. The topological polar surface area (TPSA) is 24.5 Å². The van der Waals surface area contributed by atoms with Crippen molar-refractivity contribution < 1.29 is 17.9 Å². The maximum atomic E-state index is 12.7. The van der Waals surface area contributed by atoms with Crippen molar-refractivity contribution in [1.29, 1.82) is 0 Å². The first kappa shape index (κ1) is 22.1. The minimum absolute atomic E-state index is 0. The average molecular weight is 381 g/mol. The molecule has 2 rings (SSSR count). The molecule has 25 heavy (non-hydrogen) atoms. The summed E-state index contributed by atoms with van der Waals surface area (Å²) in [5.41, 5.74) is 0.623. The highest BCUT2D eigenvalue weighted by Crippen LogP contribution is 2.32. The van der Waals surface area contributed by atoms with Gasteiger partial charge >= 0.3 is 6.18 Å².